The molecule has 0 fully saturated rings. The molecule has 1 heterocycles. The third kappa shape index (κ3) is 2.77. The van der Waals surface area contributed by atoms with Crippen LogP contribution >= 0.6 is 0 Å². The molecule has 0 aliphatic heterocycles. The fourth-order valence-corrected chi connectivity index (χ4v) is 2.25. The first-order valence-corrected chi connectivity index (χ1v) is 6.70. The minimum atomic E-state index is -0.297. The molecule has 0 radical (unpaired) electrons. The van der Waals surface area contributed by atoms with Crippen molar-refractivity contribution in [3.05, 3.63) is 41.7 Å². The fraction of sp³-hybridized carbons (Fsp3) is 0.400. The molecule has 0 aliphatic rings. The van der Waals surface area contributed by atoms with Crippen LogP contribution < -0.4 is 15.2 Å². The normalized spacial score (nSPS) is 12.2. The zero-order valence-electron chi connectivity index (χ0n) is 12.2. The Morgan fingerprint density at radius 3 is 2.70 bits per heavy atom. The Balaban J connectivity index is 2.41. The van der Waals surface area contributed by atoms with Gasteiger partial charge in [0.1, 0.15) is 11.5 Å². The highest BCUT2D eigenvalue weighted by molar-refractivity contribution is 5.44. The number of nitrogens with two attached hydrogens (primary N) is 1. The molecule has 2 N–H and O–H groups in total. The van der Waals surface area contributed by atoms with E-state index >= 15 is 0 Å². The Labute approximate surface area is 119 Å². The summed E-state index contributed by atoms with van der Waals surface area (Å²) in [5.41, 5.74) is 8.26. The lowest BCUT2D eigenvalue weighted by molar-refractivity contribution is 0.396. The Kier molecular flexibility index (Phi) is 4.63. The van der Waals surface area contributed by atoms with E-state index in [4.69, 9.17) is 15.2 Å². The van der Waals surface area contributed by atoms with E-state index in [1.807, 2.05) is 28.9 Å². The molecule has 1 atom stereocenters. The van der Waals surface area contributed by atoms with Gasteiger partial charge in [-0.15, -0.1) is 0 Å². The maximum Gasteiger partial charge on any atom is 0.124 e. The highest BCUT2D eigenvalue weighted by Gasteiger charge is 2.18. The number of hydrogen-bond donors (Lipinski definition) is 1. The summed E-state index contributed by atoms with van der Waals surface area (Å²) in [6.45, 7) is 2.96. The molecule has 0 spiro atoms. The number of nitrogens with zero attached hydrogens (tertiary/aromatic N) is 2. The number of benzene rings is 1. The van der Waals surface area contributed by atoms with Gasteiger partial charge in [-0.1, -0.05) is 6.92 Å². The summed E-state index contributed by atoms with van der Waals surface area (Å²) in [5, 5.41) is 4.32. The van der Waals surface area contributed by atoms with Gasteiger partial charge in [0.2, 0.25) is 0 Å². The molecular weight excluding hydrogens is 254 g/mol. The van der Waals surface area contributed by atoms with E-state index in [0.717, 1.165) is 35.7 Å². The van der Waals surface area contributed by atoms with Crippen LogP contribution in [0.1, 0.15) is 30.6 Å². The summed E-state index contributed by atoms with van der Waals surface area (Å²) in [6.07, 6.45) is 2.79. The molecule has 5 nitrogen and oxygen atoms in total. The first kappa shape index (κ1) is 14.4. The van der Waals surface area contributed by atoms with Crippen LogP contribution in [0.15, 0.2) is 30.5 Å². The van der Waals surface area contributed by atoms with Gasteiger partial charge in [-0.2, -0.15) is 5.10 Å². The highest BCUT2D eigenvalue weighted by atomic mass is 16.5. The van der Waals surface area contributed by atoms with E-state index in [9.17, 15) is 0 Å². The third-order valence-electron chi connectivity index (χ3n) is 3.28. The van der Waals surface area contributed by atoms with Gasteiger partial charge in [-0.05, 0) is 30.7 Å². The largest absolute Gasteiger partial charge is 0.497 e. The lowest BCUT2D eigenvalue weighted by atomic mass is 10.0. The molecule has 20 heavy (non-hydrogen) atoms. The minimum Gasteiger partial charge on any atom is -0.497 e. The molecule has 1 aromatic carbocycles. The van der Waals surface area contributed by atoms with Crippen LogP contribution in [0, 0.1) is 0 Å². The Morgan fingerprint density at radius 1 is 1.25 bits per heavy atom. The van der Waals surface area contributed by atoms with Crippen molar-refractivity contribution in [2.45, 2.75) is 25.9 Å². The lowest BCUT2D eigenvalue weighted by Crippen LogP contribution is -2.18. The van der Waals surface area contributed by atoms with E-state index < -0.39 is 0 Å². The van der Waals surface area contributed by atoms with Crippen molar-refractivity contribution in [2.75, 3.05) is 14.2 Å². The van der Waals surface area contributed by atoms with Crippen LogP contribution in [-0.2, 0) is 6.54 Å². The number of aryl methyl sites for hydroxylation is 1. The van der Waals surface area contributed by atoms with Crippen molar-refractivity contribution < 1.29 is 9.47 Å². The van der Waals surface area contributed by atoms with Crippen molar-refractivity contribution in [3.63, 3.8) is 0 Å². The summed E-state index contributed by atoms with van der Waals surface area (Å²) < 4.78 is 12.6. The van der Waals surface area contributed by atoms with Crippen LogP contribution in [0.4, 0.5) is 0 Å². The lowest BCUT2D eigenvalue weighted by Gasteiger charge is -2.18. The van der Waals surface area contributed by atoms with Gasteiger partial charge >= 0.3 is 0 Å². The second-order valence-electron chi connectivity index (χ2n) is 4.56. The summed E-state index contributed by atoms with van der Waals surface area (Å²) >= 11 is 0. The second kappa shape index (κ2) is 6.43. The van der Waals surface area contributed by atoms with Gasteiger partial charge in [-0.25, -0.2) is 0 Å². The van der Waals surface area contributed by atoms with Gasteiger partial charge in [0.15, 0.2) is 0 Å². The van der Waals surface area contributed by atoms with Crippen LogP contribution in [0.5, 0.6) is 11.5 Å². The van der Waals surface area contributed by atoms with E-state index in [1.165, 1.54) is 0 Å². The van der Waals surface area contributed by atoms with Gasteiger partial charge in [-0.3, -0.25) is 4.68 Å². The summed E-state index contributed by atoms with van der Waals surface area (Å²) in [7, 11) is 3.28. The van der Waals surface area contributed by atoms with Gasteiger partial charge in [0.25, 0.3) is 0 Å². The van der Waals surface area contributed by atoms with Crippen molar-refractivity contribution >= 4 is 0 Å². The highest BCUT2D eigenvalue weighted by Crippen LogP contribution is 2.31. The van der Waals surface area contributed by atoms with Crippen LogP contribution in [0.25, 0.3) is 0 Å². The van der Waals surface area contributed by atoms with Gasteiger partial charge in [0.05, 0.1) is 26.0 Å². The van der Waals surface area contributed by atoms with Crippen LogP contribution in [0.3, 0.4) is 0 Å². The smallest absolute Gasteiger partial charge is 0.124 e. The Bertz CT molecular complexity index is 566. The molecule has 2 aromatic rings. The number of aromatic nitrogens is 2. The standard InChI is InChI=1S/C15H21N3O2/c1-4-9-18-13(7-8-17-18)15(16)12-10-11(19-2)5-6-14(12)20-3/h5-8,10,15H,4,9,16H2,1-3H3. The average Bonchev–Trinajstić information content (AvgIpc) is 2.94. The van der Waals surface area contributed by atoms with Crippen molar-refractivity contribution in [1.82, 2.24) is 9.78 Å². The molecule has 1 unspecified atom stereocenters. The zero-order valence-corrected chi connectivity index (χ0v) is 12.2. The molecule has 108 valence electrons. The zero-order chi connectivity index (χ0) is 14.5. The SMILES string of the molecule is CCCn1nccc1C(N)c1cc(OC)ccc1OC. The topological polar surface area (TPSA) is 62.3 Å². The number of methoxy groups -OCH3 is 2. The number of hydrogen-bond acceptors (Lipinski definition) is 4. The molecule has 0 amide bonds. The maximum absolute atomic E-state index is 6.40. The summed E-state index contributed by atoms with van der Waals surface area (Å²) in [4.78, 5) is 0. The average molecular weight is 275 g/mol. The van der Waals surface area contributed by atoms with Crippen LogP contribution in [-0.4, -0.2) is 24.0 Å². The Morgan fingerprint density at radius 2 is 2.05 bits per heavy atom. The molecule has 2 rings (SSSR count). The quantitative estimate of drug-likeness (QED) is 0.879. The van der Waals surface area contributed by atoms with Crippen molar-refractivity contribution in [2.24, 2.45) is 5.73 Å². The predicted octanol–water partition coefficient (Wildman–Crippen LogP) is 2.36. The minimum absolute atomic E-state index is 0.297. The van der Waals surface area contributed by atoms with Crippen molar-refractivity contribution in [1.29, 1.82) is 0 Å². The van der Waals surface area contributed by atoms with Gasteiger partial charge in [0, 0.05) is 18.3 Å². The molecule has 5 heteroatoms. The molecule has 0 saturated carbocycles. The van der Waals surface area contributed by atoms with E-state index in [0.29, 0.717) is 0 Å². The molecule has 0 saturated heterocycles. The summed E-state index contributed by atoms with van der Waals surface area (Å²) in [5.74, 6) is 1.51. The maximum atomic E-state index is 6.40. The molecule has 0 bridgehead atoms. The molecular formula is C15H21N3O2. The van der Waals surface area contributed by atoms with E-state index in [2.05, 4.69) is 12.0 Å². The molecule has 0 aliphatic carbocycles. The first-order chi connectivity index (χ1) is 9.71. The van der Waals surface area contributed by atoms with Crippen molar-refractivity contribution in [3.8, 4) is 11.5 Å². The first-order valence-electron chi connectivity index (χ1n) is 6.70. The van der Waals surface area contributed by atoms with E-state index in [-0.39, 0.29) is 6.04 Å². The van der Waals surface area contributed by atoms with E-state index in [1.54, 1.807) is 20.4 Å². The molecule has 1 aromatic heterocycles. The second-order valence-corrected chi connectivity index (χ2v) is 4.56. The number of ether oxygens (including phenoxy) is 2. The predicted molar refractivity (Wildman–Crippen MR) is 78.1 cm³/mol. The monoisotopic (exact) mass is 275 g/mol. The fourth-order valence-electron chi connectivity index (χ4n) is 2.25. The Hall–Kier alpha value is -2.01. The third-order valence-corrected chi connectivity index (χ3v) is 3.28. The van der Waals surface area contributed by atoms with Crippen LogP contribution in [0.2, 0.25) is 0 Å². The van der Waals surface area contributed by atoms with Gasteiger partial charge < -0.3 is 15.2 Å². The number of rotatable bonds is 6. The summed E-state index contributed by atoms with van der Waals surface area (Å²) in [6, 6.07) is 7.29.